The van der Waals surface area contributed by atoms with Crippen molar-refractivity contribution in [2.45, 2.75) is 37.5 Å². The molecule has 0 unspecified atom stereocenters. The van der Waals surface area contributed by atoms with Gasteiger partial charge in [0, 0.05) is 41.5 Å². The molecule has 1 amide bonds. The Hall–Kier alpha value is -4.86. The van der Waals surface area contributed by atoms with Gasteiger partial charge in [0.05, 0.1) is 13.2 Å². The number of benzene rings is 4. The van der Waals surface area contributed by atoms with Crippen LogP contribution in [0.5, 0.6) is 5.75 Å². The Balaban J connectivity index is 1.51. The summed E-state index contributed by atoms with van der Waals surface area (Å²) < 4.78 is 12.3. The fourth-order valence-corrected chi connectivity index (χ4v) is 5.57. The number of hydrazine groups is 1. The number of aliphatic hydroxyl groups excluding tert-OH is 1. The quantitative estimate of drug-likeness (QED) is 0.0462. The molecular weight excluding hydrogens is 604 g/mol. The van der Waals surface area contributed by atoms with Crippen molar-refractivity contribution in [1.29, 1.82) is 0 Å². The zero-order valence-corrected chi connectivity index (χ0v) is 25.9. The van der Waals surface area contributed by atoms with Gasteiger partial charge in [-0.1, -0.05) is 83.4 Å². The highest BCUT2D eigenvalue weighted by Crippen LogP contribution is 2.43. The van der Waals surface area contributed by atoms with Crippen molar-refractivity contribution in [3.05, 3.63) is 146 Å². The van der Waals surface area contributed by atoms with E-state index in [9.17, 15) is 4.79 Å². The number of halogens is 1. The summed E-state index contributed by atoms with van der Waals surface area (Å²) in [5, 5.41) is 13.5. The molecule has 1 aliphatic heterocycles. The van der Waals surface area contributed by atoms with Crippen LogP contribution in [-0.4, -0.2) is 42.2 Å². The molecule has 3 N–H and O–H groups in total. The zero-order chi connectivity index (χ0) is 32.2. The number of hydrogen-bond acceptors (Lipinski definition) is 7. The number of ether oxygens (including phenoxy) is 2. The summed E-state index contributed by atoms with van der Waals surface area (Å²) in [6.45, 7) is 0.984. The third-order valence-electron chi connectivity index (χ3n) is 7.62. The van der Waals surface area contributed by atoms with Gasteiger partial charge >= 0.3 is 0 Å². The Morgan fingerprint density at radius 3 is 2.54 bits per heavy atom. The molecule has 0 aromatic heterocycles. The number of carbonyl (C=O) groups excluding carboxylic acids is 1. The predicted molar refractivity (Wildman–Crippen MR) is 177 cm³/mol. The monoisotopic (exact) mass is 638 g/mol. The van der Waals surface area contributed by atoms with Gasteiger partial charge in [0.2, 0.25) is 5.90 Å². The number of aliphatic hydroxyl groups is 1. The number of azide groups is 1. The molecule has 236 valence electrons. The summed E-state index contributed by atoms with van der Waals surface area (Å²) in [5.74, 6) is 0.574. The summed E-state index contributed by atoms with van der Waals surface area (Å²) >= 11 is 6.15. The normalized spacial score (nSPS) is 17.0. The van der Waals surface area contributed by atoms with E-state index in [-0.39, 0.29) is 25.5 Å². The molecule has 0 fully saturated rings. The van der Waals surface area contributed by atoms with Gasteiger partial charge in [-0.3, -0.25) is 10.2 Å². The van der Waals surface area contributed by atoms with E-state index in [1.807, 2.05) is 91.0 Å². The smallest absolute Gasteiger partial charge is 0.266 e. The maximum Gasteiger partial charge on any atom is 0.266 e. The Kier molecular flexibility index (Phi) is 11.3. The number of hydrogen-bond donors (Lipinski definition) is 3. The fourth-order valence-electron chi connectivity index (χ4n) is 5.36. The Labute approximate surface area is 272 Å². The highest BCUT2D eigenvalue weighted by atomic mass is 35.5. The number of aliphatic imine (C=N–C) groups is 1. The number of carbonyl (C=O) groups is 1. The molecule has 0 spiro atoms. The molecule has 1 heterocycles. The molecule has 5 rings (SSSR count). The molecule has 4 aromatic carbocycles. The molecule has 0 saturated carbocycles. The van der Waals surface area contributed by atoms with E-state index in [2.05, 4.69) is 20.9 Å². The van der Waals surface area contributed by atoms with Gasteiger partial charge in [-0.2, -0.15) is 0 Å². The first kappa shape index (κ1) is 32.5. The van der Waals surface area contributed by atoms with Gasteiger partial charge in [-0.05, 0) is 70.6 Å². The lowest BCUT2D eigenvalue weighted by Gasteiger charge is -2.31. The highest BCUT2D eigenvalue weighted by molar-refractivity contribution is 6.30. The van der Waals surface area contributed by atoms with Crippen LogP contribution in [0.25, 0.3) is 10.4 Å². The molecule has 1 aliphatic rings. The minimum atomic E-state index is -1.43. The van der Waals surface area contributed by atoms with Gasteiger partial charge in [0.1, 0.15) is 5.75 Å². The van der Waals surface area contributed by atoms with E-state index in [4.69, 9.17) is 36.7 Å². The van der Waals surface area contributed by atoms with E-state index in [0.717, 1.165) is 16.7 Å². The average molecular weight is 639 g/mol. The zero-order valence-electron chi connectivity index (χ0n) is 25.2. The molecule has 2 atom stereocenters. The van der Waals surface area contributed by atoms with E-state index >= 15 is 0 Å². The number of nitrogens with zero attached hydrogens (tertiary/aromatic N) is 4. The van der Waals surface area contributed by atoms with E-state index in [1.54, 1.807) is 12.1 Å². The van der Waals surface area contributed by atoms with Gasteiger partial charge in [-0.15, -0.1) is 0 Å². The van der Waals surface area contributed by atoms with Crippen LogP contribution in [0.4, 0.5) is 0 Å². The molecule has 46 heavy (non-hydrogen) atoms. The third kappa shape index (κ3) is 8.04. The Morgan fingerprint density at radius 2 is 1.78 bits per heavy atom. The van der Waals surface area contributed by atoms with Crippen molar-refractivity contribution in [2.75, 3.05) is 19.8 Å². The van der Waals surface area contributed by atoms with Crippen LogP contribution >= 0.6 is 11.6 Å². The predicted octanol–water partition coefficient (Wildman–Crippen LogP) is 6.27. The van der Waals surface area contributed by atoms with Crippen molar-refractivity contribution in [3.8, 4) is 5.75 Å². The molecule has 4 aromatic rings. The van der Waals surface area contributed by atoms with Gasteiger partial charge in [-0.25, -0.2) is 10.4 Å². The number of rotatable bonds is 15. The molecule has 0 bridgehead atoms. The van der Waals surface area contributed by atoms with Crippen molar-refractivity contribution >= 4 is 23.4 Å². The Morgan fingerprint density at radius 1 is 1.02 bits per heavy atom. The standard InChI is InChI=1S/C35H35ClN6O4/c36-29-12-6-10-25(22-29)18-19-38-41-34(44)35(23-26-8-2-1-3-9-26)32(31-13-5-4-11-28(31)24-39-42-37)46-33(40-35)27-14-16-30(17-15-27)45-21-7-20-43/h1-6,8-17,22,32,38,43H,7,18-21,23-24H2,(H,41,44)/t32-,35-/m0/s1. The summed E-state index contributed by atoms with van der Waals surface area (Å²) in [4.78, 5) is 22.4. The molecule has 0 radical (unpaired) electrons. The summed E-state index contributed by atoms with van der Waals surface area (Å²) in [5.41, 5.74) is 17.7. The van der Waals surface area contributed by atoms with Gasteiger partial charge in [0.25, 0.3) is 5.91 Å². The second kappa shape index (κ2) is 15.9. The summed E-state index contributed by atoms with van der Waals surface area (Å²) in [6, 6.07) is 32.0. The van der Waals surface area contributed by atoms with Gasteiger partial charge in [0.15, 0.2) is 11.6 Å². The first-order chi connectivity index (χ1) is 22.5. The van der Waals surface area contributed by atoms with Crippen LogP contribution in [0.1, 0.15) is 40.3 Å². The molecule has 0 aliphatic carbocycles. The second-order valence-electron chi connectivity index (χ2n) is 10.8. The molecular formula is C35H35ClN6O4. The van der Waals surface area contributed by atoms with Crippen molar-refractivity contribution in [3.63, 3.8) is 0 Å². The van der Waals surface area contributed by atoms with Crippen molar-refractivity contribution in [2.24, 2.45) is 10.1 Å². The van der Waals surface area contributed by atoms with Crippen LogP contribution < -0.4 is 15.6 Å². The lowest BCUT2D eigenvalue weighted by Crippen LogP contribution is -2.54. The minimum absolute atomic E-state index is 0.0479. The number of nitrogens with one attached hydrogen (secondary N) is 2. The largest absolute Gasteiger partial charge is 0.494 e. The Bertz CT molecular complexity index is 1700. The van der Waals surface area contributed by atoms with Crippen LogP contribution in [0, 0.1) is 0 Å². The highest BCUT2D eigenvalue weighted by Gasteiger charge is 2.53. The van der Waals surface area contributed by atoms with E-state index in [0.29, 0.717) is 53.8 Å². The van der Waals surface area contributed by atoms with Gasteiger partial charge < -0.3 is 14.6 Å². The lowest BCUT2D eigenvalue weighted by molar-refractivity contribution is -0.130. The number of amides is 1. The van der Waals surface area contributed by atoms with Crippen LogP contribution in [0.2, 0.25) is 5.02 Å². The van der Waals surface area contributed by atoms with Crippen molar-refractivity contribution < 1.29 is 19.4 Å². The molecule has 11 heteroatoms. The molecule has 0 saturated heterocycles. The maximum absolute atomic E-state index is 14.4. The maximum atomic E-state index is 14.4. The lowest BCUT2D eigenvalue weighted by atomic mass is 9.81. The topological polar surface area (TPSA) is 141 Å². The van der Waals surface area contributed by atoms with Crippen LogP contribution in [-0.2, 0) is 28.9 Å². The van der Waals surface area contributed by atoms with Crippen LogP contribution in [0.3, 0.4) is 0 Å². The SMILES string of the molecule is [N-]=[N+]=NCc1ccccc1[C@@H]1OC(c2ccc(OCCCO)cc2)=N[C@]1(Cc1ccccc1)C(=O)NNCCc1cccc(Cl)c1. The average Bonchev–Trinajstić information content (AvgIpc) is 3.46. The van der Waals surface area contributed by atoms with E-state index in [1.165, 1.54) is 0 Å². The van der Waals surface area contributed by atoms with Crippen LogP contribution in [0.15, 0.2) is 113 Å². The summed E-state index contributed by atoms with van der Waals surface area (Å²) in [6.07, 6.45) is 0.562. The first-order valence-corrected chi connectivity index (χ1v) is 15.4. The molecule has 10 nitrogen and oxygen atoms in total. The third-order valence-corrected chi connectivity index (χ3v) is 7.85. The first-order valence-electron chi connectivity index (χ1n) is 15.0. The second-order valence-corrected chi connectivity index (χ2v) is 11.2. The van der Waals surface area contributed by atoms with Crippen molar-refractivity contribution in [1.82, 2.24) is 10.9 Å². The summed E-state index contributed by atoms with van der Waals surface area (Å²) in [7, 11) is 0. The minimum Gasteiger partial charge on any atom is -0.494 e. The van der Waals surface area contributed by atoms with E-state index < -0.39 is 11.6 Å². The fraction of sp³-hybridized carbons (Fsp3) is 0.257.